The van der Waals surface area contributed by atoms with Gasteiger partial charge in [-0.15, -0.1) is 0 Å². The van der Waals surface area contributed by atoms with Crippen LogP contribution in [0.4, 0.5) is 0 Å². The maximum atomic E-state index is 9.34. The van der Waals surface area contributed by atoms with Crippen LogP contribution in [0, 0.1) is 6.92 Å². The molecule has 1 saturated heterocycles. The molecule has 20 heavy (non-hydrogen) atoms. The van der Waals surface area contributed by atoms with Gasteiger partial charge in [-0.25, -0.2) is 0 Å². The van der Waals surface area contributed by atoms with Crippen molar-refractivity contribution in [3.8, 4) is 0 Å². The normalized spacial score (nSPS) is 18.1. The van der Waals surface area contributed by atoms with E-state index in [1.165, 1.54) is 0 Å². The quantitative estimate of drug-likeness (QED) is 0.889. The number of hydrogen-bond acceptors (Lipinski definition) is 4. The summed E-state index contributed by atoms with van der Waals surface area (Å²) in [4.78, 5) is 4.71. The number of likely N-dealkylation sites (tertiary alicyclic amines) is 1. The minimum atomic E-state index is 0.184. The zero-order valence-electron chi connectivity index (χ0n) is 12.6. The Balaban J connectivity index is 2.09. The molecule has 1 aliphatic heterocycles. The molecule has 0 unspecified atom stereocenters. The van der Waals surface area contributed by atoms with Crippen molar-refractivity contribution in [3.63, 3.8) is 0 Å². The van der Waals surface area contributed by atoms with Crippen molar-refractivity contribution in [2.75, 3.05) is 33.3 Å². The highest BCUT2D eigenvalue weighted by Crippen LogP contribution is 2.24. The molecule has 0 radical (unpaired) electrons. The Bertz CT molecular complexity index is 441. The number of piperidine rings is 1. The van der Waals surface area contributed by atoms with Crippen LogP contribution in [0.15, 0.2) is 0 Å². The van der Waals surface area contributed by atoms with Gasteiger partial charge in [0.2, 0.25) is 0 Å². The molecule has 1 fully saturated rings. The van der Waals surface area contributed by atoms with Crippen molar-refractivity contribution in [2.24, 2.45) is 7.05 Å². The maximum Gasteiger partial charge on any atom is 0.131 e. The van der Waals surface area contributed by atoms with Gasteiger partial charge in [0.05, 0.1) is 12.3 Å². The number of halogens is 1. The molecule has 0 saturated carbocycles. The topological polar surface area (TPSA) is 44.5 Å². The van der Waals surface area contributed by atoms with E-state index >= 15 is 0 Å². The lowest BCUT2D eigenvalue weighted by atomic mass is 10.0. The number of aliphatic hydroxyl groups excluding tert-OH is 1. The van der Waals surface area contributed by atoms with Crippen LogP contribution in [0.25, 0.3) is 0 Å². The fourth-order valence-electron chi connectivity index (χ4n) is 2.94. The molecule has 1 aromatic heterocycles. The van der Waals surface area contributed by atoms with Crippen molar-refractivity contribution in [1.82, 2.24) is 19.6 Å². The van der Waals surface area contributed by atoms with Gasteiger partial charge in [0, 0.05) is 31.7 Å². The Morgan fingerprint density at radius 2 is 2.00 bits per heavy atom. The van der Waals surface area contributed by atoms with E-state index in [4.69, 9.17) is 11.6 Å². The minimum Gasteiger partial charge on any atom is -0.395 e. The summed E-state index contributed by atoms with van der Waals surface area (Å²) in [6.07, 6.45) is 2.29. The molecule has 114 valence electrons. The third-order valence-electron chi connectivity index (χ3n) is 4.22. The minimum absolute atomic E-state index is 0.184. The highest BCUT2D eigenvalue weighted by Gasteiger charge is 2.25. The van der Waals surface area contributed by atoms with E-state index in [2.05, 4.69) is 21.9 Å². The molecule has 0 aliphatic carbocycles. The molecule has 1 aliphatic rings. The van der Waals surface area contributed by atoms with Gasteiger partial charge in [0.25, 0.3) is 0 Å². The van der Waals surface area contributed by atoms with Crippen LogP contribution in [0.2, 0.25) is 5.15 Å². The Hall–Kier alpha value is -0.620. The maximum absolute atomic E-state index is 9.34. The van der Waals surface area contributed by atoms with E-state index in [1.54, 1.807) is 4.68 Å². The van der Waals surface area contributed by atoms with Gasteiger partial charge in [-0.2, -0.15) is 5.10 Å². The largest absolute Gasteiger partial charge is 0.395 e. The Morgan fingerprint density at radius 1 is 1.35 bits per heavy atom. The van der Waals surface area contributed by atoms with Gasteiger partial charge >= 0.3 is 0 Å². The third-order valence-corrected chi connectivity index (χ3v) is 4.70. The molecular formula is C14H25ClN4O. The number of rotatable bonds is 5. The zero-order chi connectivity index (χ0) is 14.7. The lowest BCUT2D eigenvalue weighted by Gasteiger charge is -2.37. The second kappa shape index (κ2) is 6.89. The summed E-state index contributed by atoms with van der Waals surface area (Å²) in [5, 5.41) is 14.4. The first kappa shape index (κ1) is 15.8. The lowest BCUT2D eigenvalue weighted by Crippen LogP contribution is -2.44. The number of aromatic nitrogens is 2. The number of aryl methyl sites for hydroxylation is 2. The molecule has 1 N–H and O–H groups in total. The summed E-state index contributed by atoms with van der Waals surface area (Å²) in [5.74, 6) is 0. The van der Waals surface area contributed by atoms with E-state index in [9.17, 15) is 5.11 Å². The predicted octanol–water partition coefficient (Wildman–Crippen LogP) is 1.27. The number of nitrogens with zero attached hydrogens (tertiary/aromatic N) is 4. The molecule has 0 bridgehead atoms. The zero-order valence-corrected chi connectivity index (χ0v) is 13.4. The van der Waals surface area contributed by atoms with Crippen LogP contribution < -0.4 is 0 Å². The van der Waals surface area contributed by atoms with Crippen LogP contribution >= 0.6 is 11.6 Å². The predicted molar refractivity (Wildman–Crippen MR) is 81.0 cm³/mol. The van der Waals surface area contributed by atoms with Crippen molar-refractivity contribution in [1.29, 1.82) is 0 Å². The summed E-state index contributed by atoms with van der Waals surface area (Å²) in [7, 11) is 4.03. The SMILES string of the molecule is Cc1nn(C)c(Cl)c1CN(CCO)C1CCN(C)CC1. The van der Waals surface area contributed by atoms with Gasteiger partial charge in [0.15, 0.2) is 0 Å². The molecule has 0 spiro atoms. The summed E-state index contributed by atoms with van der Waals surface area (Å²) >= 11 is 6.32. The van der Waals surface area contributed by atoms with Crippen molar-refractivity contribution >= 4 is 11.6 Å². The Morgan fingerprint density at radius 3 is 2.50 bits per heavy atom. The molecule has 0 atom stereocenters. The monoisotopic (exact) mass is 300 g/mol. The summed E-state index contributed by atoms with van der Waals surface area (Å²) < 4.78 is 1.72. The number of hydrogen-bond donors (Lipinski definition) is 1. The van der Waals surface area contributed by atoms with E-state index in [0.717, 1.165) is 43.7 Å². The molecule has 2 rings (SSSR count). The smallest absolute Gasteiger partial charge is 0.131 e. The highest BCUT2D eigenvalue weighted by molar-refractivity contribution is 6.30. The van der Waals surface area contributed by atoms with E-state index < -0.39 is 0 Å². The molecule has 2 heterocycles. The Kier molecular flexibility index (Phi) is 5.43. The summed E-state index contributed by atoms with van der Waals surface area (Å²) in [6.45, 7) is 5.88. The van der Waals surface area contributed by atoms with Crippen LogP contribution in [-0.4, -0.2) is 64.0 Å². The van der Waals surface area contributed by atoms with Gasteiger partial charge in [-0.3, -0.25) is 9.58 Å². The second-order valence-corrected chi connectivity index (χ2v) is 6.06. The fourth-order valence-corrected chi connectivity index (χ4v) is 3.17. The lowest BCUT2D eigenvalue weighted by molar-refractivity contribution is 0.0940. The highest BCUT2D eigenvalue weighted by atomic mass is 35.5. The average Bonchev–Trinajstić information content (AvgIpc) is 2.65. The average molecular weight is 301 g/mol. The molecule has 5 nitrogen and oxygen atoms in total. The van der Waals surface area contributed by atoms with Gasteiger partial charge in [-0.05, 0) is 39.9 Å². The molecule has 0 aromatic carbocycles. The number of aliphatic hydroxyl groups is 1. The van der Waals surface area contributed by atoms with Crippen LogP contribution in [0.3, 0.4) is 0 Å². The van der Waals surface area contributed by atoms with Gasteiger partial charge < -0.3 is 10.0 Å². The first-order chi connectivity index (χ1) is 9.52. The standard InChI is InChI=1S/C14H25ClN4O/c1-11-13(14(15)18(3)16-11)10-19(8-9-20)12-4-6-17(2)7-5-12/h12,20H,4-10H2,1-3H3. The third kappa shape index (κ3) is 3.52. The molecular weight excluding hydrogens is 276 g/mol. The summed E-state index contributed by atoms with van der Waals surface area (Å²) in [6, 6.07) is 0.522. The first-order valence-electron chi connectivity index (χ1n) is 7.24. The first-order valence-corrected chi connectivity index (χ1v) is 7.62. The fraction of sp³-hybridized carbons (Fsp3) is 0.786. The van der Waals surface area contributed by atoms with Crippen molar-refractivity contribution in [2.45, 2.75) is 32.4 Å². The molecule has 0 amide bonds. The molecule has 6 heteroatoms. The van der Waals surface area contributed by atoms with Crippen LogP contribution in [0.1, 0.15) is 24.1 Å². The van der Waals surface area contributed by atoms with Crippen LogP contribution in [-0.2, 0) is 13.6 Å². The van der Waals surface area contributed by atoms with Crippen LogP contribution in [0.5, 0.6) is 0 Å². The van der Waals surface area contributed by atoms with E-state index in [1.807, 2.05) is 14.0 Å². The Labute approximate surface area is 126 Å². The van der Waals surface area contributed by atoms with Gasteiger partial charge in [0.1, 0.15) is 5.15 Å². The van der Waals surface area contributed by atoms with Gasteiger partial charge in [-0.1, -0.05) is 11.6 Å². The van der Waals surface area contributed by atoms with Crippen molar-refractivity contribution in [3.05, 3.63) is 16.4 Å². The van der Waals surface area contributed by atoms with E-state index in [0.29, 0.717) is 17.7 Å². The molecule has 1 aromatic rings. The second-order valence-electron chi connectivity index (χ2n) is 5.71. The van der Waals surface area contributed by atoms with E-state index in [-0.39, 0.29) is 6.61 Å². The summed E-state index contributed by atoms with van der Waals surface area (Å²) in [5.41, 5.74) is 2.06. The van der Waals surface area contributed by atoms with Crippen molar-refractivity contribution < 1.29 is 5.11 Å².